The molecule has 1 N–H and O–H groups in total. The average Bonchev–Trinajstić information content (AvgIpc) is 3.13. The highest BCUT2D eigenvalue weighted by atomic mass is 32.2. The van der Waals surface area contributed by atoms with Crippen molar-refractivity contribution in [1.29, 1.82) is 0 Å². The Morgan fingerprint density at radius 2 is 2.25 bits per heavy atom. The molecule has 24 heavy (non-hydrogen) atoms. The van der Waals surface area contributed by atoms with E-state index < -0.39 is 17.7 Å². The van der Waals surface area contributed by atoms with Gasteiger partial charge in [-0.15, -0.1) is 11.8 Å². The zero-order valence-corrected chi connectivity index (χ0v) is 14.3. The predicted molar refractivity (Wildman–Crippen MR) is 88.9 cm³/mol. The standard InChI is InChI=1S/C15H13F2N3O2S2/c1-15-3-2-11(21)20(15)9(6-23-15)13(22)19-14-18-12-8(17)4-7(16)5-10(12)24-14/h4-5,9H,2-3,6H2,1H3,(H,18,19,22)/t9-,15-/m1/s1. The van der Waals surface area contributed by atoms with Gasteiger partial charge < -0.3 is 10.2 Å². The number of nitrogens with one attached hydrogen (secondary N) is 1. The van der Waals surface area contributed by atoms with Crippen molar-refractivity contribution in [2.45, 2.75) is 30.7 Å². The fourth-order valence-corrected chi connectivity index (χ4v) is 5.55. The van der Waals surface area contributed by atoms with Crippen LogP contribution >= 0.6 is 23.1 Å². The third-order valence-electron chi connectivity index (χ3n) is 4.39. The number of fused-ring (bicyclic) bond motifs is 2. The second-order valence-corrected chi connectivity index (χ2v) is 8.54. The van der Waals surface area contributed by atoms with Gasteiger partial charge in [0, 0.05) is 18.2 Å². The molecule has 2 aliphatic heterocycles. The summed E-state index contributed by atoms with van der Waals surface area (Å²) in [5.41, 5.74) is 0.0274. The summed E-state index contributed by atoms with van der Waals surface area (Å²) < 4.78 is 27.3. The molecule has 0 radical (unpaired) electrons. The first-order chi connectivity index (χ1) is 11.4. The van der Waals surface area contributed by atoms with Crippen LogP contribution in [0.4, 0.5) is 13.9 Å². The van der Waals surface area contributed by atoms with E-state index in [1.165, 1.54) is 6.07 Å². The van der Waals surface area contributed by atoms with Gasteiger partial charge in [0.15, 0.2) is 10.9 Å². The Morgan fingerprint density at radius 1 is 1.46 bits per heavy atom. The third kappa shape index (κ3) is 2.37. The molecule has 4 rings (SSSR count). The lowest BCUT2D eigenvalue weighted by Gasteiger charge is -2.29. The van der Waals surface area contributed by atoms with Crippen molar-refractivity contribution in [3.05, 3.63) is 23.8 Å². The number of aromatic nitrogens is 1. The minimum atomic E-state index is -0.763. The normalized spacial score (nSPS) is 26.2. The fraction of sp³-hybridized carbons (Fsp3) is 0.400. The van der Waals surface area contributed by atoms with E-state index in [2.05, 4.69) is 10.3 Å². The van der Waals surface area contributed by atoms with E-state index in [-0.39, 0.29) is 27.3 Å². The molecule has 2 atom stereocenters. The van der Waals surface area contributed by atoms with Crippen molar-refractivity contribution in [2.75, 3.05) is 11.1 Å². The van der Waals surface area contributed by atoms with Gasteiger partial charge in [-0.1, -0.05) is 11.3 Å². The molecular weight excluding hydrogens is 356 g/mol. The number of hydrogen-bond acceptors (Lipinski definition) is 5. The lowest BCUT2D eigenvalue weighted by atomic mass is 10.2. The number of hydrogen-bond donors (Lipinski definition) is 1. The number of thiazole rings is 1. The fourth-order valence-electron chi connectivity index (χ4n) is 3.21. The van der Waals surface area contributed by atoms with Crippen LogP contribution in [0.3, 0.4) is 0 Å². The molecule has 2 aliphatic rings. The monoisotopic (exact) mass is 369 g/mol. The molecule has 3 heterocycles. The maximum Gasteiger partial charge on any atom is 0.249 e. The van der Waals surface area contributed by atoms with Gasteiger partial charge in [-0.3, -0.25) is 9.59 Å². The Kier molecular flexibility index (Phi) is 3.54. The highest BCUT2D eigenvalue weighted by Gasteiger charge is 2.52. The first-order valence-electron chi connectivity index (χ1n) is 7.40. The zero-order valence-electron chi connectivity index (χ0n) is 12.6. The number of rotatable bonds is 2. The molecule has 0 spiro atoms. The van der Waals surface area contributed by atoms with Crippen LogP contribution < -0.4 is 5.32 Å². The maximum atomic E-state index is 13.7. The van der Waals surface area contributed by atoms with Crippen molar-refractivity contribution < 1.29 is 18.4 Å². The number of halogens is 2. The first-order valence-corrected chi connectivity index (χ1v) is 9.20. The number of benzene rings is 1. The number of carbonyl (C=O) groups excluding carboxylic acids is 2. The van der Waals surface area contributed by atoms with Gasteiger partial charge in [-0.05, 0) is 19.4 Å². The second kappa shape index (κ2) is 5.38. The van der Waals surface area contributed by atoms with Gasteiger partial charge in [0.25, 0.3) is 0 Å². The summed E-state index contributed by atoms with van der Waals surface area (Å²) in [6, 6.07) is 1.37. The van der Waals surface area contributed by atoms with Crippen molar-refractivity contribution >= 4 is 50.3 Å². The van der Waals surface area contributed by atoms with E-state index in [9.17, 15) is 18.4 Å². The van der Waals surface area contributed by atoms with E-state index in [4.69, 9.17) is 0 Å². The van der Waals surface area contributed by atoms with Crippen LogP contribution in [0.25, 0.3) is 10.2 Å². The highest BCUT2D eigenvalue weighted by molar-refractivity contribution is 8.01. The molecule has 5 nitrogen and oxygen atoms in total. The van der Waals surface area contributed by atoms with Gasteiger partial charge >= 0.3 is 0 Å². The minimum absolute atomic E-state index is 0.0274. The average molecular weight is 369 g/mol. The van der Waals surface area contributed by atoms with Gasteiger partial charge in [0.2, 0.25) is 11.8 Å². The molecule has 1 aromatic carbocycles. The van der Waals surface area contributed by atoms with Crippen LogP contribution in [0.2, 0.25) is 0 Å². The lowest BCUT2D eigenvalue weighted by Crippen LogP contribution is -2.48. The number of nitrogens with zero attached hydrogens (tertiary/aromatic N) is 2. The molecule has 0 saturated carbocycles. The summed E-state index contributed by atoms with van der Waals surface area (Å²) in [5, 5.41) is 2.84. The Labute approximate surface area is 144 Å². The molecule has 2 saturated heterocycles. The number of thioether (sulfide) groups is 1. The quantitative estimate of drug-likeness (QED) is 0.884. The Balaban J connectivity index is 1.59. The zero-order chi connectivity index (χ0) is 17.1. The summed E-state index contributed by atoms with van der Waals surface area (Å²) in [6.45, 7) is 1.96. The van der Waals surface area contributed by atoms with E-state index in [0.717, 1.165) is 23.8 Å². The molecule has 0 bridgehead atoms. The van der Waals surface area contributed by atoms with E-state index in [1.807, 2.05) is 6.92 Å². The smallest absolute Gasteiger partial charge is 0.249 e. The largest absolute Gasteiger partial charge is 0.315 e. The van der Waals surface area contributed by atoms with Crippen molar-refractivity contribution in [3.63, 3.8) is 0 Å². The SMILES string of the molecule is C[C@@]12CCC(=O)N1[C@@H](C(=O)Nc1nc3c(F)cc(F)cc3s1)CS2. The Hall–Kier alpha value is -1.74. The highest BCUT2D eigenvalue weighted by Crippen LogP contribution is 2.47. The maximum absolute atomic E-state index is 13.7. The second-order valence-electron chi connectivity index (χ2n) is 6.01. The molecule has 2 aromatic rings. The summed E-state index contributed by atoms with van der Waals surface area (Å²) >= 11 is 2.60. The van der Waals surface area contributed by atoms with Crippen LogP contribution in [0.1, 0.15) is 19.8 Å². The minimum Gasteiger partial charge on any atom is -0.315 e. The molecular formula is C15H13F2N3O2S2. The molecule has 126 valence electrons. The molecule has 0 unspecified atom stereocenters. The number of anilines is 1. The van der Waals surface area contributed by atoms with Crippen molar-refractivity contribution in [1.82, 2.24) is 9.88 Å². The summed E-state index contributed by atoms with van der Waals surface area (Å²) in [5.74, 6) is -1.31. The first kappa shape index (κ1) is 15.8. The van der Waals surface area contributed by atoms with Crippen molar-refractivity contribution in [3.8, 4) is 0 Å². The van der Waals surface area contributed by atoms with Crippen LogP contribution in [0, 0.1) is 11.6 Å². The van der Waals surface area contributed by atoms with Gasteiger partial charge in [0.05, 0.1) is 9.57 Å². The van der Waals surface area contributed by atoms with Gasteiger partial charge in [0.1, 0.15) is 17.4 Å². The van der Waals surface area contributed by atoms with Gasteiger partial charge in [-0.2, -0.15) is 0 Å². The van der Waals surface area contributed by atoms with E-state index in [0.29, 0.717) is 16.9 Å². The third-order valence-corrected chi connectivity index (χ3v) is 6.81. The van der Waals surface area contributed by atoms with Crippen LogP contribution in [-0.2, 0) is 9.59 Å². The van der Waals surface area contributed by atoms with Crippen LogP contribution in [0.15, 0.2) is 12.1 Å². The Bertz CT molecular complexity index is 872. The van der Waals surface area contributed by atoms with Crippen LogP contribution in [-0.4, -0.2) is 38.4 Å². The van der Waals surface area contributed by atoms with E-state index >= 15 is 0 Å². The summed E-state index contributed by atoms with van der Waals surface area (Å²) in [7, 11) is 0. The number of carbonyl (C=O) groups is 2. The summed E-state index contributed by atoms with van der Waals surface area (Å²) in [6.07, 6.45) is 1.17. The van der Waals surface area contributed by atoms with E-state index in [1.54, 1.807) is 16.7 Å². The summed E-state index contributed by atoms with van der Waals surface area (Å²) in [4.78, 5) is 30.0. The molecule has 1 aromatic heterocycles. The molecule has 2 amide bonds. The van der Waals surface area contributed by atoms with Crippen molar-refractivity contribution in [2.24, 2.45) is 0 Å². The Morgan fingerprint density at radius 3 is 3.04 bits per heavy atom. The molecule has 2 fully saturated rings. The number of amides is 2. The lowest BCUT2D eigenvalue weighted by molar-refractivity contribution is -0.135. The van der Waals surface area contributed by atoms with Crippen LogP contribution in [0.5, 0.6) is 0 Å². The molecule has 0 aliphatic carbocycles. The van der Waals surface area contributed by atoms with Gasteiger partial charge in [-0.25, -0.2) is 13.8 Å². The molecule has 9 heteroatoms. The predicted octanol–water partition coefficient (Wildman–Crippen LogP) is 2.97. The topological polar surface area (TPSA) is 62.3 Å².